The normalized spacial score (nSPS) is 15.4. The van der Waals surface area contributed by atoms with Crippen LogP contribution in [0, 0.1) is 6.92 Å². The van der Waals surface area contributed by atoms with Crippen LogP contribution in [0.25, 0.3) is 0 Å². The Kier molecular flexibility index (Phi) is 5.83. The second-order valence-electron chi connectivity index (χ2n) is 4.25. The van der Waals surface area contributed by atoms with Gasteiger partial charge in [-0.3, -0.25) is 4.90 Å². The zero-order valence-electron chi connectivity index (χ0n) is 10.6. The zero-order valence-corrected chi connectivity index (χ0v) is 12.2. The van der Waals surface area contributed by atoms with Gasteiger partial charge in [0.25, 0.3) is 0 Å². The second kappa shape index (κ2) is 6.64. The highest BCUT2D eigenvalue weighted by Crippen LogP contribution is 2.29. The minimum Gasteiger partial charge on any atom is -0.326 e. The van der Waals surface area contributed by atoms with Gasteiger partial charge in [0, 0.05) is 23.2 Å². The minimum absolute atomic E-state index is 0.171. The summed E-state index contributed by atoms with van der Waals surface area (Å²) in [4.78, 5) is 3.79. The molecule has 1 aromatic heterocycles. The van der Waals surface area contributed by atoms with Gasteiger partial charge in [0.1, 0.15) is 0 Å². The molecule has 4 heteroatoms. The molecule has 1 heterocycles. The maximum absolute atomic E-state index is 6.13. The van der Waals surface area contributed by atoms with E-state index < -0.39 is 0 Å². The fourth-order valence-corrected chi connectivity index (χ4v) is 3.58. The fraction of sp³-hybridized carbons (Fsp3) is 0.667. The minimum atomic E-state index is 0.171. The first-order valence-electron chi connectivity index (χ1n) is 5.56. The van der Waals surface area contributed by atoms with Crippen LogP contribution in [0.4, 0.5) is 0 Å². The number of thioether (sulfide) groups is 1. The first-order valence-corrected chi connectivity index (χ1v) is 7.84. The molecule has 16 heavy (non-hydrogen) atoms. The van der Waals surface area contributed by atoms with Crippen molar-refractivity contribution in [3.8, 4) is 0 Å². The van der Waals surface area contributed by atoms with Crippen molar-refractivity contribution >= 4 is 23.1 Å². The lowest BCUT2D eigenvalue weighted by atomic mass is 10.0. The molecule has 2 N–H and O–H groups in total. The Morgan fingerprint density at radius 2 is 2.25 bits per heavy atom. The maximum atomic E-state index is 6.13. The Balaban J connectivity index is 2.79. The van der Waals surface area contributed by atoms with Gasteiger partial charge in [-0.15, -0.1) is 11.3 Å². The number of likely N-dealkylation sites (N-methyl/N-ethyl adjacent to an activating group) is 1. The smallest absolute Gasteiger partial charge is 0.0591 e. The molecule has 0 fully saturated rings. The van der Waals surface area contributed by atoms with Crippen molar-refractivity contribution in [2.24, 2.45) is 5.73 Å². The van der Waals surface area contributed by atoms with Crippen molar-refractivity contribution in [3.63, 3.8) is 0 Å². The molecule has 0 saturated carbocycles. The molecule has 0 aliphatic rings. The van der Waals surface area contributed by atoms with E-state index in [1.54, 1.807) is 0 Å². The van der Waals surface area contributed by atoms with Crippen molar-refractivity contribution in [2.45, 2.75) is 25.9 Å². The molecule has 2 unspecified atom stereocenters. The van der Waals surface area contributed by atoms with Gasteiger partial charge < -0.3 is 5.73 Å². The van der Waals surface area contributed by atoms with Gasteiger partial charge in [-0.05, 0) is 44.2 Å². The molecule has 2 atom stereocenters. The molecule has 0 aromatic carbocycles. The molecular formula is C12H22N2S2. The zero-order chi connectivity index (χ0) is 12.1. The van der Waals surface area contributed by atoms with Crippen LogP contribution in [0.5, 0.6) is 0 Å². The maximum Gasteiger partial charge on any atom is 0.0591 e. The van der Waals surface area contributed by atoms with Gasteiger partial charge in [0.05, 0.1) is 6.04 Å². The predicted molar refractivity (Wildman–Crippen MR) is 76.5 cm³/mol. The molecule has 0 aliphatic heterocycles. The van der Waals surface area contributed by atoms with E-state index in [-0.39, 0.29) is 6.04 Å². The van der Waals surface area contributed by atoms with Crippen molar-refractivity contribution < 1.29 is 0 Å². The topological polar surface area (TPSA) is 29.3 Å². The summed E-state index contributed by atoms with van der Waals surface area (Å²) in [6.45, 7) is 5.35. The molecule has 0 saturated heterocycles. The van der Waals surface area contributed by atoms with Crippen LogP contribution in [0.3, 0.4) is 0 Å². The third kappa shape index (κ3) is 3.48. The summed E-state index contributed by atoms with van der Waals surface area (Å²) in [5, 5.41) is 2.16. The van der Waals surface area contributed by atoms with Crippen LogP contribution < -0.4 is 5.73 Å². The van der Waals surface area contributed by atoms with E-state index >= 15 is 0 Å². The summed E-state index contributed by atoms with van der Waals surface area (Å²) in [6, 6.07) is 2.70. The summed E-state index contributed by atoms with van der Waals surface area (Å²) in [6.07, 6.45) is 2.14. The summed E-state index contributed by atoms with van der Waals surface area (Å²) in [7, 11) is 2.17. The number of nitrogens with two attached hydrogens (primary N) is 1. The first kappa shape index (κ1) is 14.0. The van der Waals surface area contributed by atoms with E-state index in [9.17, 15) is 0 Å². The van der Waals surface area contributed by atoms with Crippen molar-refractivity contribution in [1.82, 2.24) is 4.90 Å². The summed E-state index contributed by atoms with van der Waals surface area (Å²) in [5.41, 5.74) is 7.49. The Morgan fingerprint density at radius 1 is 1.56 bits per heavy atom. The molecule has 0 spiro atoms. The van der Waals surface area contributed by atoms with Crippen molar-refractivity contribution in [1.29, 1.82) is 0 Å². The summed E-state index contributed by atoms with van der Waals surface area (Å²) in [5.74, 6) is 1.16. The molecule has 0 aliphatic carbocycles. The summed E-state index contributed by atoms with van der Waals surface area (Å²) >= 11 is 3.70. The predicted octanol–water partition coefficient (Wildman–Crippen LogP) is 2.74. The van der Waals surface area contributed by atoms with E-state index in [2.05, 4.69) is 43.5 Å². The summed E-state index contributed by atoms with van der Waals surface area (Å²) < 4.78 is 0. The Bertz CT molecular complexity index is 310. The number of rotatable bonds is 6. The van der Waals surface area contributed by atoms with Crippen LogP contribution in [0.15, 0.2) is 11.4 Å². The number of hydrogen-bond donors (Lipinski definition) is 1. The second-order valence-corrected chi connectivity index (χ2v) is 6.18. The lowest BCUT2D eigenvalue weighted by Gasteiger charge is -2.30. The van der Waals surface area contributed by atoms with Crippen LogP contribution in [0.2, 0.25) is 0 Å². The Labute approximate surface area is 107 Å². The average Bonchev–Trinajstić information content (AvgIpc) is 2.62. The van der Waals surface area contributed by atoms with Crippen molar-refractivity contribution in [3.05, 3.63) is 21.9 Å². The third-order valence-corrected chi connectivity index (χ3v) is 4.47. The third-order valence-electron chi connectivity index (χ3n) is 2.79. The monoisotopic (exact) mass is 258 g/mol. The van der Waals surface area contributed by atoms with Gasteiger partial charge >= 0.3 is 0 Å². The lowest BCUT2D eigenvalue weighted by molar-refractivity contribution is 0.235. The molecule has 92 valence electrons. The standard InChI is InChI=1S/C12H22N2S2/c1-9-5-7-16-12(9)11(10(2)13)14(3)6-8-15-4/h5,7,10-11H,6,8,13H2,1-4H3. The van der Waals surface area contributed by atoms with Crippen LogP contribution in [-0.4, -0.2) is 36.5 Å². The molecule has 0 bridgehead atoms. The number of thiophene rings is 1. The van der Waals surface area contributed by atoms with Crippen LogP contribution >= 0.6 is 23.1 Å². The average molecular weight is 258 g/mol. The number of nitrogens with zero attached hydrogens (tertiary/aromatic N) is 1. The van der Waals surface area contributed by atoms with E-state index in [0.29, 0.717) is 6.04 Å². The molecule has 1 aromatic rings. The molecule has 0 amide bonds. The van der Waals surface area contributed by atoms with Gasteiger partial charge in [0.2, 0.25) is 0 Å². The van der Waals surface area contributed by atoms with Gasteiger partial charge in [-0.2, -0.15) is 11.8 Å². The van der Waals surface area contributed by atoms with E-state index in [1.807, 2.05) is 23.1 Å². The van der Waals surface area contributed by atoms with Gasteiger partial charge in [-0.25, -0.2) is 0 Å². The molecular weight excluding hydrogens is 236 g/mol. The lowest BCUT2D eigenvalue weighted by Crippen LogP contribution is -2.38. The first-order chi connectivity index (χ1) is 7.57. The molecule has 1 rings (SSSR count). The van der Waals surface area contributed by atoms with E-state index in [0.717, 1.165) is 12.3 Å². The van der Waals surface area contributed by atoms with E-state index in [4.69, 9.17) is 5.73 Å². The highest BCUT2D eigenvalue weighted by Gasteiger charge is 2.23. The number of aryl methyl sites for hydroxylation is 1. The Morgan fingerprint density at radius 3 is 2.69 bits per heavy atom. The Hall–Kier alpha value is -0.0300. The highest BCUT2D eigenvalue weighted by atomic mass is 32.2. The largest absolute Gasteiger partial charge is 0.326 e. The van der Waals surface area contributed by atoms with Crippen LogP contribution in [-0.2, 0) is 0 Å². The van der Waals surface area contributed by atoms with E-state index in [1.165, 1.54) is 10.4 Å². The van der Waals surface area contributed by atoms with Crippen molar-refractivity contribution in [2.75, 3.05) is 25.6 Å². The number of hydrogen-bond acceptors (Lipinski definition) is 4. The fourth-order valence-electron chi connectivity index (χ4n) is 1.90. The van der Waals surface area contributed by atoms with Gasteiger partial charge in [0.15, 0.2) is 0 Å². The quantitative estimate of drug-likeness (QED) is 0.851. The van der Waals surface area contributed by atoms with Crippen LogP contribution in [0.1, 0.15) is 23.4 Å². The highest BCUT2D eigenvalue weighted by molar-refractivity contribution is 7.98. The molecule has 0 radical (unpaired) electrons. The van der Waals surface area contributed by atoms with Gasteiger partial charge in [-0.1, -0.05) is 0 Å². The SMILES string of the molecule is CSCCN(C)C(c1sccc1C)C(C)N. The molecule has 2 nitrogen and oxygen atoms in total.